The first-order chi connectivity index (χ1) is 14.5. The Kier molecular flexibility index (Phi) is 6.79. The average molecular weight is 408 g/mol. The number of aryl methyl sites for hydroxylation is 1. The van der Waals surface area contributed by atoms with Gasteiger partial charge in [-0.05, 0) is 31.0 Å². The highest BCUT2D eigenvalue weighted by atomic mass is 16.5. The first kappa shape index (κ1) is 21.0. The van der Waals surface area contributed by atoms with Crippen molar-refractivity contribution in [2.45, 2.75) is 20.3 Å². The second kappa shape index (κ2) is 9.69. The lowest BCUT2D eigenvalue weighted by atomic mass is 10.2. The number of aromatic nitrogens is 2. The topological polar surface area (TPSA) is 104 Å². The van der Waals surface area contributed by atoms with E-state index < -0.39 is 18.5 Å². The summed E-state index contributed by atoms with van der Waals surface area (Å²) in [5.74, 6) is -1.44. The summed E-state index contributed by atoms with van der Waals surface area (Å²) in [6.07, 6.45) is 0.668. The lowest BCUT2D eigenvalue weighted by molar-refractivity contribution is -0.137. The predicted octanol–water partition coefficient (Wildman–Crippen LogP) is 2.91. The van der Waals surface area contributed by atoms with Crippen LogP contribution < -0.4 is 5.32 Å². The summed E-state index contributed by atoms with van der Waals surface area (Å²) < 4.78 is 5.16. The molecule has 2 N–H and O–H groups in total. The molecule has 30 heavy (non-hydrogen) atoms. The second-order valence-electron chi connectivity index (χ2n) is 6.87. The van der Waals surface area contributed by atoms with Crippen molar-refractivity contribution in [1.82, 2.24) is 15.1 Å². The number of amides is 2. The highest BCUT2D eigenvalue weighted by Crippen LogP contribution is 2.16. The van der Waals surface area contributed by atoms with Crippen molar-refractivity contribution in [1.29, 1.82) is 0 Å². The maximum atomic E-state index is 12.6. The Bertz CT molecular complexity index is 1060. The van der Waals surface area contributed by atoms with E-state index in [0.717, 1.165) is 5.56 Å². The normalized spacial score (nSPS) is 10.6. The number of para-hydroxylation sites is 2. The monoisotopic (exact) mass is 408 g/mol. The highest BCUT2D eigenvalue weighted by molar-refractivity contribution is 6.02. The summed E-state index contributed by atoms with van der Waals surface area (Å²) in [6, 6.07) is 14.6. The minimum absolute atomic E-state index is 0.121. The molecule has 8 nitrogen and oxygen atoms in total. The molecule has 3 aromatic rings. The van der Waals surface area contributed by atoms with Gasteiger partial charge >= 0.3 is 5.97 Å². The molecular weight excluding hydrogens is 384 g/mol. The Hall–Kier alpha value is -3.68. The van der Waals surface area contributed by atoms with Crippen molar-refractivity contribution >= 4 is 34.4 Å². The number of hydrogen-bond acceptors (Lipinski definition) is 5. The first-order valence-electron chi connectivity index (χ1n) is 9.73. The van der Waals surface area contributed by atoms with Crippen molar-refractivity contribution in [2.75, 3.05) is 25.0 Å². The van der Waals surface area contributed by atoms with E-state index in [1.807, 2.05) is 38.1 Å². The number of ether oxygens (including phenoxy) is 1. The van der Waals surface area contributed by atoms with Crippen molar-refractivity contribution < 1.29 is 19.1 Å². The van der Waals surface area contributed by atoms with Gasteiger partial charge in [-0.3, -0.25) is 14.7 Å². The van der Waals surface area contributed by atoms with Gasteiger partial charge in [-0.15, -0.1) is 0 Å². The third-order valence-electron chi connectivity index (χ3n) is 4.59. The predicted molar refractivity (Wildman–Crippen MR) is 113 cm³/mol. The van der Waals surface area contributed by atoms with E-state index in [0.29, 0.717) is 29.6 Å². The van der Waals surface area contributed by atoms with E-state index in [-0.39, 0.29) is 18.1 Å². The summed E-state index contributed by atoms with van der Waals surface area (Å²) >= 11 is 0. The van der Waals surface area contributed by atoms with Crippen LogP contribution in [0.4, 0.5) is 5.69 Å². The standard InChI is InChI=1S/C22H24N4O4/c1-3-12-26(13-19(27)23-17-10-6-4-8-15(17)2)20(28)14-30-22(29)21-16-9-5-7-11-18(16)24-25-21/h4-11H,3,12-14H2,1-2H3,(H,23,27)(H,24,25). The van der Waals surface area contributed by atoms with Gasteiger partial charge in [0.25, 0.3) is 5.91 Å². The zero-order chi connectivity index (χ0) is 21.5. The summed E-state index contributed by atoms with van der Waals surface area (Å²) in [4.78, 5) is 38.7. The molecule has 0 saturated heterocycles. The molecule has 0 radical (unpaired) electrons. The molecule has 0 aliphatic heterocycles. The molecule has 0 unspecified atom stereocenters. The van der Waals surface area contributed by atoms with Crippen LogP contribution in [0, 0.1) is 6.92 Å². The SMILES string of the molecule is CCCN(CC(=O)Nc1ccccc1C)C(=O)COC(=O)c1n[nH]c2ccccc12. The molecule has 1 heterocycles. The molecule has 2 aromatic carbocycles. The second-order valence-corrected chi connectivity index (χ2v) is 6.87. The number of esters is 1. The van der Waals surface area contributed by atoms with Crippen LogP contribution in [0.3, 0.4) is 0 Å². The summed E-state index contributed by atoms with van der Waals surface area (Å²) in [6.45, 7) is 3.59. The number of hydrogen-bond donors (Lipinski definition) is 2. The largest absolute Gasteiger partial charge is 0.451 e. The quantitative estimate of drug-likeness (QED) is 0.558. The fourth-order valence-corrected chi connectivity index (χ4v) is 3.04. The van der Waals surface area contributed by atoms with Crippen LogP contribution >= 0.6 is 0 Å². The molecule has 0 aliphatic carbocycles. The molecule has 3 rings (SSSR count). The molecule has 0 fully saturated rings. The van der Waals surface area contributed by atoms with E-state index >= 15 is 0 Å². The zero-order valence-corrected chi connectivity index (χ0v) is 17.0. The lowest BCUT2D eigenvalue weighted by Crippen LogP contribution is -2.40. The summed E-state index contributed by atoms with van der Waals surface area (Å²) in [5, 5.41) is 10.2. The highest BCUT2D eigenvalue weighted by Gasteiger charge is 2.21. The van der Waals surface area contributed by atoms with Crippen LogP contribution in [0.5, 0.6) is 0 Å². The number of H-pyrrole nitrogens is 1. The van der Waals surface area contributed by atoms with Gasteiger partial charge < -0.3 is 15.0 Å². The third-order valence-corrected chi connectivity index (χ3v) is 4.59. The number of carbonyl (C=O) groups excluding carboxylic acids is 3. The smallest absolute Gasteiger partial charge is 0.359 e. The van der Waals surface area contributed by atoms with Crippen molar-refractivity contribution in [2.24, 2.45) is 0 Å². The third kappa shape index (κ3) is 5.02. The van der Waals surface area contributed by atoms with E-state index in [2.05, 4.69) is 15.5 Å². The molecule has 0 atom stereocenters. The van der Waals surface area contributed by atoms with Gasteiger partial charge in [-0.25, -0.2) is 4.79 Å². The van der Waals surface area contributed by atoms with Gasteiger partial charge in [-0.1, -0.05) is 43.3 Å². The molecule has 8 heteroatoms. The molecule has 0 aliphatic rings. The Morgan fingerprint density at radius 1 is 1.10 bits per heavy atom. The Balaban J connectivity index is 1.59. The number of aromatic amines is 1. The van der Waals surface area contributed by atoms with Gasteiger partial charge in [0.1, 0.15) is 0 Å². The van der Waals surface area contributed by atoms with Gasteiger partial charge in [-0.2, -0.15) is 5.10 Å². The number of benzene rings is 2. The first-order valence-corrected chi connectivity index (χ1v) is 9.73. The fraction of sp³-hybridized carbons (Fsp3) is 0.273. The number of fused-ring (bicyclic) bond motifs is 1. The molecule has 0 spiro atoms. The average Bonchev–Trinajstić information content (AvgIpc) is 3.17. The maximum absolute atomic E-state index is 12.6. The minimum atomic E-state index is -0.693. The molecule has 1 aromatic heterocycles. The Morgan fingerprint density at radius 2 is 1.83 bits per heavy atom. The van der Waals surface area contributed by atoms with Crippen molar-refractivity contribution in [3.8, 4) is 0 Å². The molecule has 2 amide bonds. The summed E-state index contributed by atoms with van der Waals surface area (Å²) in [5.41, 5.74) is 2.46. The lowest BCUT2D eigenvalue weighted by Gasteiger charge is -2.21. The van der Waals surface area contributed by atoms with Gasteiger partial charge in [0.2, 0.25) is 5.91 Å². The van der Waals surface area contributed by atoms with Crippen LogP contribution in [0.2, 0.25) is 0 Å². The van der Waals surface area contributed by atoms with Crippen LogP contribution in [0.15, 0.2) is 48.5 Å². The Labute approximate surface area is 174 Å². The maximum Gasteiger partial charge on any atom is 0.359 e. The molecule has 0 saturated carbocycles. The van der Waals surface area contributed by atoms with Gasteiger partial charge in [0, 0.05) is 17.6 Å². The fourth-order valence-electron chi connectivity index (χ4n) is 3.04. The van der Waals surface area contributed by atoms with Crippen LogP contribution in [0.25, 0.3) is 10.9 Å². The zero-order valence-electron chi connectivity index (χ0n) is 17.0. The molecular formula is C22H24N4O4. The molecule has 156 valence electrons. The van der Waals surface area contributed by atoms with Crippen LogP contribution in [-0.2, 0) is 14.3 Å². The van der Waals surface area contributed by atoms with Crippen LogP contribution in [-0.4, -0.2) is 52.6 Å². The minimum Gasteiger partial charge on any atom is -0.451 e. The number of rotatable bonds is 8. The number of nitrogens with one attached hydrogen (secondary N) is 2. The Morgan fingerprint density at radius 3 is 2.60 bits per heavy atom. The van der Waals surface area contributed by atoms with Crippen molar-refractivity contribution in [3.05, 3.63) is 59.8 Å². The van der Waals surface area contributed by atoms with E-state index in [9.17, 15) is 14.4 Å². The van der Waals surface area contributed by atoms with Crippen LogP contribution in [0.1, 0.15) is 29.4 Å². The van der Waals surface area contributed by atoms with E-state index in [1.54, 1.807) is 24.3 Å². The number of anilines is 1. The number of carbonyl (C=O) groups is 3. The van der Waals surface area contributed by atoms with E-state index in [1.165, 1.54) is 4.90 Å². The number of nitrogens with zero attached hydrogens (tertiary/aromatic N) is 2. The van der Waals surface area contributed by atoms with Gasteiger partial charge in [0.05, 0.1) is 12.1 Å². The van der Waals surface area contributed by atoms with Crippen molar-refractivity contribution in [3.63, 3.8) is 0 Å². The summed E-state index contributed by atoms with van der Waals surface area (Å²) in [7, 11) is 0. The molecule has 0 bridgehead atoms. The van der Waals surface area contributed by atoms with E-state index in [4.69, 9.17) is 4.74 Å². The van der Waals surface area contributed by atoms with Gasteiger partial charge in [0.15, 0.2) is 12.3 Å².